The van der Waals surface area contributed by atoms with Crippen molar-refractivity contribution in [2.75, 3.05) is 0 Å². The lowest BCUT2D eigenvalue weighted by molar-refractivity contribution is 0.0579. The molecule has 0 radical (unpaired) electrons. The van der Waals surface area contributed by atoms with Crippen LogP contribution in [0.3, 0.4) is 0 Å². The van der Waals surface area contributed by atoms with Crippen LogP contribution in [0.2, 0.25) is 0 Å². The van der Waals surface area contributed by atoms with Gasteiger partial charge in [0, 0.05) is 18.2 Å². The second kappa shape index (κ2) is 5.47. The van der Waals surface area contributed by atoms with Crippen molar-refractivity contribution >= 4 is 11.9 Å². The van der Waals surface area contributed by atoms with Crippen LogP contribution >= 0.6 is 0 Å². The minimum absolute atomic E-state index is 0.0125. The topological polar surface area (TPSA) is 70.8 Å². The number of rotatable bonds is 4. The molecule has 0 aliphatic heterocycles. The summed E-state index contributed by atoms with van der Waals surface area (Å²) in [4.78, 5) is 25.1. The van der Waals surface area contributed by atoms with Crippen molar-refractivity contribution in [3.63, 3.8) is 0 Å². The number of carboxylic acid groups (broad SMARTS) is 1. The number of nitrogens with zero attached hydrogens (tertiary/aromatic N) is 1. The van der Waals surface area contributed by atoms with Gasteiger partial charge in [-0.25, -0.2) is 4.79 Å². The summed E-state index contributed by atoms with van der Waals surface area (Å²) < 4.78 is 5.11. The molecule has 104 valence electrons. The maximum absolute atomic E-state index is 12.4. The van der Waals surface area contributed by atoms with Crippen molar-refractivity contribution in [2.24, 2.45) is 0 Å². The first-order valence-corrected chi connectivity index (χ1v) is 6.65. The highest BCUT2D eigenvalue weighted by Gasteiger charge is 2.31. The highest BCUT2D eigenvalue weighted by atomic mass is 16.4. The van der Waals surface area contributed by atoms with Crippen molar-refractivity contribution in [3.8, 4) is 0 Å². The molecule has 1 heterocycles. The zero-order valence-electron chi connectivity index (χ0n) is 11.3. The lowest BCUT2D eigenvalue weighted by atomic mass is 10.1. The third-order valence-corrected chi connectivity index (χ3v) is 3.57. The summed E-state index contributed by atoms with van der Waals surface area (Å²) in [5, 5.41) is 8.85. The summed E-state index contributed by atoms with van der Waals surface area (Å²) in [5.74, 6) is -1.19. The normalized spacial score (nSPS) is 15.9. The molecule has 5 nitrogen and oxygen atoms in total. The molecule has 0 saturated heterocycles. The van der Waals surface area contributed by atoms with Gasteiger partial charge in [-0.3, -0.25) is 4.79 Å². The monoisotopic (exact) mass is 265 g/mol. The lowest BCUT2D eigenvalue weighted by Gasteiger charge is -2.32. The standard InChI is InChI=1S/C14H19NO4/c1-9(2)15(11-5-3-4-6-11)13(16)12-7-10(8-19-12)14(17)18/h7-9,11H,3-6H2,1-2H3,(H,17,18). The maximum atomic E-state index is 12.4. The van der Waals surface area contributed by atoms with Crippen LogP contribution < -0.4 is 0 Å². The van der Waals surface area contributed by atoms with Crippen LogP contribution in [0.4, 0.5) is 0 Å². The number of aromatic carboxylic acids is 1. The van der Waals surface area contributed by atoms with Gasteiger partial charge in [-0.1, -0.05) is 12.8 Å². The Labute approximate surface area is 112 Å². The van der Waals surface area contributed by atoms with Gasteiger partial charge < -0.3 is 14.4 Å². The number of hydrogen-bond donors (Lipinski definition) is 1. The minimum atomic E-state index is -1.08. The Morgan fingerprint density at radius 1 is 1.37 bits per heavy atom. The van der Waals surface area contributed by atoms with Gasteiger partial charge in [-0.2, -0.15) is 0 Å². The number of carbonyl (C=O) groups excluding carboxylic acids is 1. The molecular weight excluding hydrogens is 246 g/mol. The molecule has 0 unspecified atom stereocenters. The van der Waals surface area contributed by atoms with Crippen molar-refractivity contribution < 1.29 is 19.1 Å². The first kappa shape index (κ1) is 13.6. The Kier molecular flexibility index (Phi) is 3.93. The summed E-state index contributed by atoms with van der Waals surface area (Å²) in [6.45, 7) is 3.94. The zero-order valence-corrected chi connectivity index (χ0v) is 11.3. The third kappa shape index (κ3) is 2.80. The fraction of sp³-hybridized carbons (Fsp3) is 0.571. The van der Waals surface area contributed by atoms with E-state index in [0.717, 1.165) is 31.9 Å². The van der Waals surface area contributed by atoms with E-state index in [2.05, 4.69) is 0 Å². The van der Waals surface area contributed by atoms with Crippen LogP contribution in [0.25, 0.3) is 0 Å². The molecule has 1 fully saturated rings. The Hall–Kier alpha value is -1.78. The van der Waals surface area contributed by atoms with Gasteiger partial charge in [0.1, 0.15) is 6.26 Å². The predicted molar refractivity (Wildman–Crippen MR) is 69.2 cm³/mol. The highest BCUT2D eigenvalue weighted by Crippen LogP contribution is 2.27. The van der Waals surface area contributed by atoms with Gasteiger partial charge in [-0.15, -0.1) is 0 Å². The molecule has 0 aromatic carbocycles. The number of carboxylic acids is 1. The first-order valence-electron chi connectivity index (χ1n) is 6.65. The van der Waals surface area contributed by atoms with Gasteiger partial charge in [0.2, 0.25) is 0 Å². The van der Waals surface area contributed by atoms with Crippen molar-refractivity contribution in [2.45, 2.75) is 51.6 Å². The van der Waals surface area contributed by atoms with Gasteiger partial charge >= 0.3 is 5.97 Å². The quantitative estimate of drug-likeness (QED) is 0.908. The van der Waals surface area contributed by atoms with Gasteiger partial charge in [0.05, 0.1) is 5.56 Å². The summed E-state index contributed by atoms with van der Waals surface area (Å²) in [6, 6.07) is 1.62. The Morgan fingerprint density at radius 3 is 2.47 bits per heavy atom. The van der Waals surface area contributed by atoms with E-state index in [1.165, 1.54) is 6.07 Å². The minimum Gasteiger partial charge on any atom is -0.478 e. The number of amides is 1. The fourth-order valence-electron chi connectivity index (χ4n) is 2.69. The average molecular weight is 265 g/mol. The molecule has 2 rings (SSSR count). The average Bonchev–Trinajstić information content (AvgIpc) is 2.99. The third-order valence-electron chi connectivity index (χ3n) is 3.57. The molecule has 1 aliphatic rings. The van der Waals surface area contributed by atoms with Crippen LogP contribution in [0.1, 0.15) is 60.4 Å². The SMILES string of the molecule is CC(C)N(C(=O)c1cc(C(=O)O)co1)C1CCCC1. The number of hydrogen-bond acceptors (Lipinski definition) is 3. The van der Waals surface area contributed by atoms with Crippen LogP contribution in [-0.2, 0) is 0 Å². The molecule has 1 aliphatic carbocycles. The van der Waals surface area contributed by atoms with Crippen LogP contribution in [0, 0.1) is 0 Å². The zero-order chi connectivity index (χ0) is 14.0. The molecular formula is C14H19NO4. The summed E-state index contributed by atoms with van der Waals surface area (Å²) in [6.07, 6.45) is 5.41. The largest absolute Gasteiger partial charge is 0.478 e. The van der Waals surface area contributed by atoms with E-state index in [0.29, 0.717) is 0 Å². The Bertz CT molecular complexity index is 472. The fourth-order valence-corrected chi connectivity index (χ4v) is 2.69. The lowest BCUT2D eigenvalue weighted by Crippen LogP contribution is -2.43. The summed E-state index contributed by atoms with van der Waals surface area (Å²) >= 11 is 0. The van der Waals surface area contributed by atoms with Crippen LogP contribution in [-0.4, -0.2) is 34.0 Å². The number of furan rings is 1. The Morgan fingerprint density at radius 2 is 2.00 bits per heavy atom. The maximum Gasteiger partial charge on any atom is 0.338 e. The van der Waals surface area contributed by atoms with E-state index in [-0.39, 0.29) is 29.3 Å². The molecule has 1 aromatic heterocycles. The molecule has 1 aromatic rings. The van der Waals surface area contributed by atoms with Gasteiger partial charge in [0.15, 0.2) is 5.76 Å². The van der Waals surface area contributed by atoms with Crippen LogP contribution in [0.5, 0.6) is 0 Å². The molecule has 0 bridgehead atoms. The molecule has 19 heavy (non-hydrogen) atoms. The van der Waals surface area contributed by atoms with E-state index in [1.54, 1.807) is 0 Å². The summed E-state index contributed by atoms with van der Waals surface area (Å²) in [5.41, 5.74) is 0.0125. The first-order chi connectivity index (χ1) is 9.00. The van der Waals surface area contributed by atoms with Gasteiger partial charge in [0.25, 0.3) is 5.91 Å². The molecule has 0 spiro atoms. The van der Waals surface area contributed by atoms with E-state index in [1.807, 2.05) is 18.7 Å². The molecule has 0 atom stereocenters. The van der Waals surface area contributed by atoms with E-state index in [4.69, 9.17) is 9.52 Å². The van der Waals surface area contributed by atoms with E-state index >= 15 is 0 Å². The second-order valence-corrected chi connectivity index (χ2v) is 5.25. The highest BCUT2D eigenvalue weighted by molar-refractivity contribution is 5.95. The summed E-state index contributed by atoms with van der Waals surface area (Å²) in [7, 11) is 0. The molecule has 1 N–H and O–H groups in total. The van der Waals surface area contributed by atoms with E-state index in [9.17, 15) is 9.59 Å². The smallest absolute Gasteiger partial charge is 0.338 e. The Balaban J connectivity index is 2.20. The second-order valence-electron chi connectivity index (χ2n) is 5.25. The van der Waals surface area contributed by atoms with Crippen molar-refractivity contribution in [1.29, 1.82) is 0 Å². The van der Waals surface area contributed by atoms with Crippen LogP contribution in [0.15, 0.2) is 16.7 Å². The molecule has 5 heteroatoms. The molecule has 1 amide bonds. The van der Waals surface area contributed by atoms with E-state index < -0.39 is 5.97 Å². The van der Waals surface area contributed by atoms with Gasteiger partial charge in [-0.05, 0) is 26.7 Å². The van der Waals surface area contributed by atoms with Crippen molar-refractivity contribution in [3.05, 3.63) is 23.7 Å². The molecule has 1 saturated carbocycles. The number of carbonyl (C=O) groups is 2. The van der Waals surface area contributed by atoms with Crippen molar-refractivity contribution in [1.82, 2.24) is 4.90 Å². The predicted octanol–water partition coefficient (Wildman–Crippen LogP) is 2.77.